The lowest BCUT2D eigenvalue weighted by Gasteiger charge is -2.33. The number of aliphatic carboxylic acids is 1. The van der Waals surface area contributed by atoms with Crippen LogP contribution in [0.2, 0.25) is 0 Å². The lowest BCUT2D eigenvalue weighted by molar-refractivity contribution is -0.160. The molecule has 0 bridgehead atoms. The molecule has 0 saturated carbocycles. The van der Waals surface area contributed by atoms with Crippen molar-refractivity contribution in [3.8, 4) is 0 Å². The van der Waals surface area contributed by atoms with Gasteiger partial charge in [0.15, 0.2) is 0 Å². The van der Waals surface area contributed by atoms with Gasteiger partial charge in [-0.2, -0.15) is 0 Å². The molecule has 4 atom stereocenters. The van der Waals surface area contributed by atoms with Crippen LogP contribution in [0.15, 0.2) is 30.3 Å². The maximum atomic E-state index is 13.0. The summed E-state index contributed by atoms with van der Waals surface area (Å²) >= 11 is 0. The number of amides is 2. The molecule has 0 heterocycles. The molecule has 5 N–H and O–H groups in total. The number of rotatable bonds is 9. The summed E-state index contributed by atoms with van der Waals surface area (Å²) < 4.78 is 0. The van der Waals surface area contributed by atoms with Gasteiger partial charge >= 0.3 is 5.97 Å². The van der Waals surface area contributed by atoms with Crippen molar-refractivity contribution in [2.75, 3.05) is 0 Å². The first-order valence-electron chi connectivity index (χ1n) is 9.26. The van der Waals surface area contributed by atoms with Gasteiger partial charge in [0.1, 0.15) is 6.04 Å². The first kappa shape index (κ1) is 22.8. The maximum Gasteiger partial charge on any atom is 0.327 e. The first-order chi connectivity index (χ1) is 12.6. The van der Waals surface area contributed by atoms with Crippen LogP contribution in [0.4, 0.5) is 0 Å². The van der Waals surface area contributed by atoms with Crippen molar-refractivity contribution < 1.29 is 19.5 Å². The lowest BCUT2D eigenvalue weighted by atomic mass is 9.95. The number of carboxylic acid groups (broad SMARTS) is 1. The summed E-state index contributed by atoms with van der Waals surface area (Å²) in [5.74, 6) is -3.13. The van der Waals surface area contributed by atoms with E-state index in [1.807, 2.05) is 6.92 Å². The zero-order valence-electron chi connectivity index (χ0n) is 16.5. The van der Waals surface area contributed by atoms with E-state index in [9.17, 15) is 19.5 Å². The molecule has 0 aliphatic heterocycles. The average molecular weight is 377 g/mol. The third kappa shape index (κ3) is 5.87. The van der Waals surface area contributed by atoms with Gasteiger partial charge in [0.2, 0.25) is 11.8 Å². The minimum absolute atomic E-state index is 0.00824. The second-order valence-electron chi connectivity index (χ2n) is 7.27. The van der Waals surface area contributed by atoms with Gasteiger partial charge in [-0.15, -0.1) is 0 Å². The molecule has 0 spiro atoms. The predicted octanol–water partition coefficient (Wildman–Crippen LogP) is 1.39. The van der Waals surface area contributed by atoms with Gasteiger partial charge in [-0.05, 0) is 17.4 Å². The van der Waals surface area contributed by atoms with Crippen LogP contribution < -0.4 is 11.5 Å². The third-order valence-corrected chi connectivity index (χ3v) is 4.89. The van der Waals surface area contributed by atoms with Crippen LogP contribution in [0.25, 0.3) is 0 Å². The summed E-state index contributed by atoms with van der Waals surface area (Å²) in [7, 11) is 0. The van der Waals surface area contributed by atoms with Crippen molar-refractivity contribution in [1.29, 1.82) is 0 Å². The normalized spacial score (nSPS) is 15.7. The topological polar surface area (TPSA) is 127 Å². The molecule has 7 nitrogen and oxygen atoms in total. The number of carboxylic acids is 1. The molecule has 7 heteroatoms. The third-order valence-electron chi connectivity index (χ3n) is 4.89. The molecular formula is C20H31N3O4. The standard InChI is InChI=1S/C20H31N3O4/c1-5-13(4)17(22)19(25)23(18(24)16(21)12(2)3)15(20(26)27)11-14-9-7-6-8-10-14/h6-10,12-13,15-17H,5,11,21-22H2,1-4H3,(H,26,27). The number of benzene rings is 1. The first-order valence-corrected chi connectivity index (χ1v) is 9.26. The fraction of sp³-hybridized carbons (Fsp3) is 0.550. The zero-order chi connectivity index (χ0) is 20.7. The van der Waals surface area contributed by atoms with Crippen LogP contribution in [-0.2, 0) is 20.8 Å². The number of nitrogens with zero attached hydrogens (tertiary/aromatic N) is 1. The molecule has 0 fully saturated rings. The molecule has 150 valence electrons. The summed E-state index contributed by atoms with van der Waals surface area (Å²) in [6, 6.07) is 5.51. The van der Waals surface area contributed by atoms with Gasteiger partial charge in [-0.25, -0.2) is 4.79 Å². The lowest BCUT2D eigenvalue weighted by Crippen LogP contribution is -2.60. The number of carbonyl (C=O) groups is 3. The molecule has 0 aliphatic carbocycles. The fourth-order valence-corrected chi connectivity index (χ4v) is 2.65. The maximum absolute atomic E-state index is 13.0. The molecule has 0 aromatic heterocycles. The Hall–Kier alpha value is -2.25. The Morgan fingerprint density at radius 3 is 1.96 bits per heavy atom. The van der Waals surface area contributed by atoms with Crippen molar-refractivity contribution in [2.24, 2.45) is 23.3 Å². The molecule has 1 rings (SSSR count). The molecule has 0 aliphatic rings. The second-order valence-corrected chi connectivity index (χ2v) is 7.27. The summed E-state index contributed by atoms with van der Waals surface area (Å²) in [4.78, 5) is 38.7. The van der Waals surface area contributed by atoms with Crippen LogP contribution >= 0.6 is 0 Å². The smallest absolute Gasteiger partial charge is 0.327 e. The predicted molar refractivity (Wildman–Crippen MR) is 104 cm³/mol. The van der Waals surface area contributed by atoms with E-state index in [2.05, 4.69) is 0 Å². The van der Waals surface area contributed by atoms with E-state index in [1.54, 1.807) is 51.1 Å². The van der Waals surface area contributed by atoms with Gasteiger partial charge in [-0.3, -0.25) is 14.5 Å². The molecule has 27 heavy (non-hydrogen) atoms. The van der Waals surface area contributed by atoms with Gasteiger partial charge in [0, 0.05) is 6.42 Å². The quantitative estimate of drug-likeness (QED) is 0.597. The Morgan fingerprint density at radius 2 is 1.52 bits per heavy atom. The van der Waals surface area contributed by atoms with E-state index < -0.39 is 35.9 Å². The van der Waals surface area contributed by atoms with Crippen LogP contribution in [0.5, 0.6) is 0 Å². The van der Waals surface area contributed by atoms with Gasteiger partial charge < -0.3 is 16.6 Å². The highest BCUT2D eigenvalue weighted by atomic mass is 16.4. The Bertz CT molecular complexity index is 648. The van der Waals surface area contributed by atoms with Crippen LogP contribution in [0, 0.1) is 11.8 Å². The van der Waals surface area contributed by atoms with Crippen molar-refractivity contribution in [1.82, 2.24) is 4.90 Å². The van der Waals surface area contributed by atoms with Crippen molar-refractivity contribution in [3.05, 3.63) is 35.9 Å². The summed E-state index contributed by atoms with van der Waals surface area (Å²) in [6.07, 6.45) is 0.618. The van der Waals surface area contributed by atoms with Crippen LogP contribution in [-0.4, -0.2) is 45.9 Å². The second kappa shape index (κ2) is 10.2. The van der Waals surface area contributed by atoms with Crippen molar-refractivity contribution >= 4 is 17.8 Å². The molecule has 1 aromatic rings. The summed E-state index contributed by atoms with van der Waals surface area (Å²) in [6.45, 7) is 7.16. The zero-order valence-corrected chi connectivity index (χ0v) is 16.5. The Kier molecular flexibility index (Phi) is 8.59. The highest BCUT2D eigenvalue weighted by molar-refractivity contribution is 6.03. The molecular weight excluding hydrogens is 346 g/mol. The number of imide groups is 1. The Morgan fingerprint density at radius 1 is 1.00 bits per heavy atom. The molecule has 1 aromatic carbocycles. The van der Waals surface area contributed by atoms with Crippen LogP contribution in [0.1, 0.15) is 39.7 Å². The minimum Gasteiger partial charge on any atom is -0.480 e. The number of hydrogen-bond donors (Lipinski definition) is 3. The van der Waals surface area contributed by atoms with E-state index in [-0.39, 0.29) is 18.3 Å². The van der Waals surface area contributed by atoms with Gasteiger partial charge in [0.25, 0.3) is 0 Å². The number of nitrogens with two attached hydrogens (primary N) is 2. The largest absolute Gasteiger partial charge is 0.480 e. The van der Waals surface area contributed by atoms with Crippen molar-refractivity contribution in [3.63, 3.8) is 0 Å². The van der Waals surface area contributed by atoms with E-state index in [0.29, 0.717) is 12.0 Å². The Balaban J connectivity index is 3.32. The van der Waals surface area contributed by atoms with E-state index in [0.717, 1.165) is 4.90 Å². The fourth-order valence-electron chi connectivity index (χ4n) is 2.65. The minimum atomic E-state index is -1.37. The highest BCUT2D eigenvalue weighted by Gasteiger charge is 2.40. The van der Waals surface area contributed by atoms with Gasteiger partial charge in [0.05, 0.1) is 12.1 Å². The van der Waals surface area contributed by atoms with E-state index >= 15 is 0 Å². The molecule has 0 radical (unpaired) electrons. The number of hydrogen-bond acceptors (Lipinski definition) is 5. The van der Waals surface area contributed by atoms with E-state index in [1.165, 1.54) is 0 Å². The van der Waals surface area contributed by atoms with Crippen molar-refractivity contribution in [2.45, 2.75) is 58.7 Å². The Labute approximate surface area is 160 Å². The summed E-state index contributed by atoms with van der Waals surface area (Å²) in [5.41, 5.74) is 12.7. The molecule has 4 unspecified atom stereocenters. The SMILES string of the molecule is CCC(C)C(N)C(=O)N(C(=O)C(N)C(C)C)C(Cc1ccccc1)C(=O)O. The average Bonchev–Trinajstić information content (AvgIpc) is 2.65. The van der Waals surface area contributed by atoms with E-state index in [4.69, 9.17) is 11.5 Å². The van der Waals surface area contributed by atoms with Gasteiger partial charge in [-0.1, -0.05) is 64.4 Å². The van der Waals surface area contributed by atoms with Crippen LogP contribution in [0.3, 0.4) is 0 Å². The number of carbonyl (C=O) groups excluding carboxylic acids is 2. The summed E-state index contributed by atoms with van der Waals surface area (Å²) in [5, 5.41) is 9.77. The molecule has 0 saturated heterocycles. The monoisotopic (exact) mass is 377 g/mol. The molecule has 2 amide bonds. The highest BCUT2D eigenvalue weighted by Crippen LogP contribution is 2.17.